The molecule has 1 atom stereocenters. The molecule has 1 aliphatic rings. The molecule has 0 aliphatic carbocycles. The van der Waals surface area contributed by atoms with Crippen LogP contribution in [0.4, 0.5) is 0 Å². The zero-order valence-electron chi connectivity index (χ0n) is 11.6. The van der Waals surface area contributed by atoms with Gasteiger partial charge < -0.3 is 9.47 Å². The average Bonchev–Trinajstić information content (AvgIpc) is 2.17. The van der Waals surface area contributed by atoms with E-state index in [1.165, 1.54) is 5.57 Å². The van der Waals surface area contributed by atoms with Crippen molar-refractivity contribution in [2.75, 3.05) is 6.61 Å². The van der Waals surface area contributed by atoms with Crippen LogP contribution < -0.4 is 0 Å². The van der Waals surface area contributed by atoms with E-state index in [1.54, 1.807) is 0 Å². The van der Waals surface area contributed by atoms with Crippen molar-refractivity contribution in [3.05, 3.63) is 11.6 Å². The van der Waals surface area contributed by atoms with Gasteiger partial charge in [-0.1, -0.05) is 32.4 Å². The van der Waals surface area contributed by atoms with E-state index in [0.29, 0.717) is 0 Å². The van der Waals surface area contributed by atoms with Gasteiger partial charge in [0.2, 0.25) is 0 Å². The maximum absolute atomic E-state index is 6.06. The van der Waals surface area contributed by atoms with Crippen LogP contribution in [0.3, 0.4) is 0 Å². The van der Waals surface area contributed by atoms with Crippen LogP contribution in [0.5, 0.6) is 0 Å². The van der Waals surface area contributed by atoms with Crippen molar-refractivity contribution < 1.29 is 9.47 Å². The third-order valence-corrected chi connectivity index (χ3v) is 3.62. The topological polar surface area (TPSA) is 18.5 Å². The first-order chi connectivity index (χ1) is 7.33. The average molecular weight is 226 g/mol. The second-order valence-corrected chi connectivity index (χ2v) is 5.53. The molecule has 1 rings (SSSR count). The Morgan fingerprint density at radius 2 is 2.06 bits per heavy atom. The third-order valence-electron chi connectivity index (χ3n) is 3.62. The van der Waals surface area contributed by atoms with Gasteiger partial charge in [0.1, 0.15) is 0 Å². The van der Waals surface area contributed by atoms with Gasteiger partial charge in [0.15, 0.2) is 5.79 Å². The summed E-state index contributed by atoms with van der Waals surface area (Å²) >= 11 is 0. The van der Waals surface area contributed by atoms with Gasteiger partial charge in [0, 0.05) is 5.41 Å². The summed E-state index contributed by atoms with van der Waals surface area (Å²) in [6.45, 7) is 13.7. The van der Waals surface area contributed by atoms with Crippen molar-refractivity contribution in [3.8, 4) is 0 Å². The quantitative estimate of drug-likeness (QED) is 0.679. The van der Waals surface area contributed by atoms with Crippen LogP contribution in [-0.2, 0) is 9.47 Å². The maximum Gasteiger partial charge on any atom is 0.163 e. The Kier molecular flexibility index (Phi) is 4.19. The lowest BCUT2D eigenvalue weighted by atomic mass is 9.76. The summed E-state index contributed by atoms with van der Waals surface area (Å²) in [6, 6.07) is 0. The Morgan fingerprint density at radius 3 is 2.50 bits per heavy atom. The van der Waals surface area contributed by atoms with Crippen LogP contribution in [0.1, 0.15) is 54.4 Å². The molecule has 94 valence electrons. The number of allylic oxidation sites excluding steroid dienone is 1. The van der Waals surface area contributed by atoms with E-state index in [4.69, 9.17) is 9.47 Å². The van der Waals surface area contributed by atoms with Gasteiger partial charge in [-0.3, -0.25) is 0 Å². The van der Waals surface area contributed by atoms with Gasteiger partial charge in [0.05, 0.1) is 12.7 Å². The molecular formula is C14H26O2. The molecule has 1 heterocycles. The lowest BCUT2D eigenvalue weighted by Gasteiger charge is -2.44. The highest BCUT2D eigenvalue weighted by atomic mass is 16.7. The Labute approximate surface area is 100 Å². The Balaban J connectivity index is 2.83. The molecule has 1 saturated heterocycles. The SMILES string of the molecule is C/C=C(\CC)C(C)(C)C1CCOC(C)(C)O1. The molecule has 1 unspecified atom stereocenters. The van der Waals surface area contributed by atoms with Crippen molar-refractivity contribution in [2.24, 2.45) is 5.41 Å². The Morgan fingerprint density at radius 1 is 1.44 bits per heavy atom. The molecule has 0 bridgehead atoms. The first-order valence-electron chi connectivity index (χ1n) is 6.31. The van der Waals surface area contributed by atoms with E-state index in [9.17, 15) is 0 Å². The van der Waals surface area contributed by atoms with Gasteiger partial charge >= 0.3 is 0 Å². The second-order valence-electron chi connectivity index (χ2n) is 5.53. The smallest absolute Gasteiger partial charge is 0.163 e. The van der Waals surface area contributed by atoms with E-state index in [0.717, 1.165) is 19.4 Å². The van der Waals surface area contributed by atoms with E-state index in [1.807, 2.05) is 13.8 Å². The molecule has 0 aromatic rings. The molecular weight excluding hydrogens is 200 g/mol. The molecule has 0 radical (unpaired) electrons. The largest absolute Gasteiger partial charge is 0.350 e. The highest BCUT2D eigenvalue weighted by Gasteiger charge is 2.39. The molecule has 0 amide bonds. The van der Waals surface area contributed by atoms with Gasteiger partial charge in [-0.25, -0.2) is 0 Å². The minimum atomic E-state index is -0.438. The summed E-state index contributed by atoms with van der Waals surface area (Å²) < 4.78 is 11.7. The third kappa shape index (κ3) is 2.86. The van der Waals surface area contributed by atoms with E-state index < -0.39 is 5.79 Å². The summed E-state index contributed by atoms with van der Waals surface area (Å²) in [7, 11) is 0. The molecule has 0 N–H and O–H groups in total. The highest BCUT2D eigenvalue weighted by molar-refractivity contribution is 5.13. The van der Waals surface area contributed by atoms with Crippen LogP contribution in [0.2, 0.25) is 0 Å². The predicted molar refractivity (Wildman–Crippen MR) is 67.4 cm³/mol. The molecule has 1 aliphatic heterocycles. The lowest BCUT2D eigenvalue weighted by Crippen LogP contribution is -2.46. The van der Waals surface area contributed by atoms with Crippen molar-refractivity contribution in [1.82, 2.24) is 0 Å². The fourth-order valence-corrected chi connectivity index (χ4v) is 2.59. The fraction of sp³-hybridized carbons (Fsp3) is 0.857. The summed E-state index contributed by atoms with van der Waals surface area (Å²) in [4.78, 5) is 0. The van der Waals surface area contributed by atoms with Gasteiger partial charge in [0.25, 0.3) is 0 Å². The molecule has 0 aromatic heterocycles. The number of hydrogen-bond donors (Lipinski definition) is 0. The van der Waals surface area contributed by atoms with E-state index in [-0.39, 0.29) is 11.5 Å². The highest BCUT2D eigenvalue weighted by Crippen LogP contribution is 2.39. The standard InChI is InChI=1S/C14H26O2/c1-7-11(8-2)13(3,4)12-9-10-15-14(5,6)16-12/h7,12H,8-10H2,1-6H3/b11-7+. The van der Waals surface area contributed by atoms with Gasteiger partial charge in [-0.2, -0.15) is 0 Å². The molecule has 2 heteroatoms. The summed E-state index contributed by atoms with van der Waals surface area (Å²) in [5.74, 6) is -0.438. The fourth-order valence-electron chi connectivity index (χ4n) is 2.59. The van der Waals surface area contributed by atoms with E-state index in [2.05, 4.69) is 33.8 Å². The minimum absolute atomic E-state index is 0.102. The molecule has 0 saturated carbocycles. The zero-order chi connectivity index (χ0) is 12.4. The first-order valence-corrected chi connectivity index (χ1v) is 6.31. The van der Waals surface area contributed by atoms with Crippen LogP contribution in [0.15, 0.2) is 11.6 Å². The van der Waals surface area contributed by atoms with Crippen molar-refractivity contribution in [1.29, 1.82) is 0 Å². The molecule has 16 heavy (non-hydrogen) atoms. The van der Waals surface area contributed by atoms with Crippen molar-refractivity contribution in [2.45, 2.75) is 66.3 Å². The first kappa shape index (κ1) is 13.7. The van der Waals surface area contributed by atoms with Crippen molar-refractivity contribution >= 4 is 0 Å². The van der Waals surface area contributed by atoms with Crippen LogP contribution in [0.25, 0.3) is 0 Å². The molecule has 0 spiro atoms. The van der Waals surface area contributed by atoms with Gasteiger partial charge in [-0.15, -0.1) is 0 Å². The van der Waals surface area contributed by atoms with Crippen LogP contribution in [0, 0.1) is 5.41 Å². The number of ether oxygens (including phenoxy) is 2. The Hall–Kier alpha value is -0.340. The second kappa shape index (κ2) is 4.89. The summed E-state index contributed by atoms with van der Waals surface area (Å²) in [6.07, 6.45) is 4.55. The normalized spacial score (nSPS) is 26.9. The van der Waals surface area contributed by atoms with E-state index >= 15 is 0 Å². The van der Waals surface area contributed by atoms with Gasteiger partial charge in [-0.05, 0) is 33.6 Å². The predicted octanol–water partition coefficient (Wildman–Crippen LogP) is 3.91. The maximum atomic E-state index is 6.06. The number of hydrogen-bond acceptors (Lipinski definition) is 2. The molecule has 1 fully saturated rings. The molecule has 0 aromatic carbocycles. The zero-order valence-corrected chi connectivity index (χ0v) is 11.6. The number of rotatable bonds is 3. The summed E-state index contributed by atoms with van der Waals surface area (Å²) in [5, 5.41) is 0. The van der Waals surface area contributed by atoms with Crippen molar-refractivity contribution in [3.63, 3.8) is 0 Å². The minimum Gasteiger partial charge on any atom is -0.350 e. The lowest BCUT2D eigenvalue weighted by molar-refractivity contribution is -0.288. The monoisotopic (exact) mass is 226 g/mol. The summed E-state index contributed by atoms with van der Waals surface area (Å²) in [5.41, 5.74) is 1.57. The molecule has 2 nitrogen and oxygen atoms in total. The van der Waals surface area contributed by atoms with Crippen LogP contribution in [-0.4, -0.2) is 18.5 Å². The van der Waals surface area contributed by atoms with Crippen LogP contribution >= 0.6 is 0 Å². The Bertz CT molecular complexity index is 264.